The molecule has 0 unspecified atom stereocenters. The highest BCUT2D eigenvalue weighted by Crippen LogP contribution is 2.05. The van der Waals surface area contributed by atoms with Crippen LogP contribution in [0.2, 0.25) is 0 Å². The number of aryl methyl sites for hydroxylation is 2. The summed E-state index contributed by atoms with van der Waals surface area (Å²) in [7, 11) is 0. The van der Waals surface area contributed by atoms with Crippen LogP contribution >= 0.6 is 0 Å². The molecule has 2 aromatic rings. The molecule has 0 aliphatic heterocycles. The third-order valence-corrected chi connectivity index (χ3v) is 3.01. The Balaban J connectivity index is 2.11. The van der Waals surface area contributed by atoms with E-state index in [2.05, 4.69) is 0 Å². The SMILES string of the molecule is Cc1cccc(=O)n1CCc1ccc(C=O)cc1. The zero-order valence-electron chi connectivity index (χ0n) is 10.3. The Labute approximate surface area is 106 Å². The zero-order chi connectivity index (χ0) is 13.0. The molecule has 0 fully saturated rings. The van der Waals surface area contributed by atoms with Gasteiger partial charge in [0.2, 0.25) is 0 Å². The number of carbonyl (C=O) groups excluding carboxylic acids is 1. The van der Waals surface area contributed by atoms with Gasteiger partial charge in [0.05, 0.1) is 0 Å². The van der Waals surface area contributed by atoms with E-state index in [1.807, 2.05) is 25.1 Å². The van der Waals surface area contributed by atoms with Gasteiger partial charge < -0.3 is 4.57 Å². The molecule has 2 rings (SSSR count). The topological polar surface area (TPSA) is 39.1 Å². The molecule has 0 atom stereocenters. The van der Waals surface area contributed by atoms with Crippen LogP contribution in [0.15, 0.2) is 47.3 Å². The Hall–Kier alpha value is -2.16. The monoisotopic (exact) mass is 241 g/mol. The highest BCUT2D eigenvalue weighted by atomic mass is 16.1. The molecule has 0 bridgehead atoms. The van der Waals surface area contributed by atoms with Crippen LogP contribution in [0.25, 0.3) is 0 Å². The van der Waals surface area contributed by atoms with E-state index in [4.69, 9.17) is 0 Å². The number of pyridine rings is 1. The first-order valence-corrected chi connectivity index (χ1v) is 5.91. The van der Waals surface area contributed by atoms with Gasteiger partial charge in [0.25, 0.3) is 5.56 Å². The fourth-order valence-electron chi connectivity index (χ4n) is 1.91. The summed E-state index contributed by atoms with van der Waals surface area (Å²) >= 11 is 0. The fraction of sp³-hybridized carbons (Fsp3) is 0.200. The molecule has 0 saturated carbocycles. The maximum atomic E-state index is 11.7. The number of aldehydes is 1. The quantitative estimate of drug-likeness (QED) is 0.770. The van der Waals surface area contributed by atoms with Gasteiger partial charge in [-0.3, -0.25) is 9.59 Å². The number of rotatable bonds is 4. The lowest BCUT2D eigenvalue weighted by Gasteiger charge is -2.09. The van der Waals surface area contributed by atoms with Crippen molar-refractivity contribution in [2.45, 2.75) is 19.9 Å². The second kappa shape index (κ2) is 5.45. The molecular weight excluding hydrogens is 226 g/mol. The van der Waals surface area contributed by atoms with Gasteiger partial charge in [-0.15, -0.1) is 0 Å². The molecule has 1 aromatic carbocycles. The molecule has 0 spiro atoms. The minimum Gasteiger partial charge on any atom is -0.313 e. The highest BCUT2D eigenvalue weighted by Gasteiger charge is 2.00. The third kappa shape index (κ3) is 2.74. The van der Waals surface area contributed by atoms with Gasteiger partial charge in [0.1, 0.15) is 6.29 Å². The van der Waals surface area contributed by atoms with Crippen molar-refractivity contribution in [2.24, 2.45) is 0 Å². The smallest absolute Gasteiger partial charge is 0.250 e. The second-order valence-electron chi connectivity index (χ2n) is 4.27. The van der Waals surface area contributed by atoms with Crippen LogP contribution in [-0.2, 0) is 13.0 Å². The van der Waals surface area contributed by atoms with E-state index in [0.29, 0.717) is 12.1 Å². The lowest BCUT2D eigenvalue weighted by molar-refractivity contribution is 0.112. The Morgan fingerprint density at radius 1 is 1.11 bits per heavy atom. The lowest BCUT2D eigenvalue weighted by atomic mass is 10.1. The molecule has 1 aromatic heterocycles. The van der Waals surface area contributed by atoms with E-state index >= 15 is 0 Å². The van der Waals surface area contributed by atoms with Crippen molar-refractivity contribution in [1.82, 2.24) is 4.57 Å². The standard InChI is InChI=1S/C15H15NO2/c1-12-3-2-4-15(18)16(12)10-9-13-5-7-14(11-17)8-6-13/h2-8,11H,9-10H2,1H3. The van der Waals surface area contributed by atoms with Crippen molar-refractivity contribution < 1.29 is 4.79 Å². The Morgan fingerprint density at radius 3 is 2.44 bits per heavy atom. The summed E-state index contributed by atoms with van der Waals surface area (Å²) in [6.07, 6.45) is 1.61. The van der Waals surface area contributed by atoms with Gasteiger partial charge in [-0.25, -0.2) is 0 Å². The van der Waals surface area contributed by atoms with E-state index in [0.717, 1.165) is 24.0 Å². The first kappa shape index (κ1) is 12.3. The van der Waals surface area contributed by atoms with E-state index in [-0.39, 0.29) is 5.56 Å². The zero-order valence-corrected chi connectivity index (χ0v) is 10.3. The van der Waals surface area contributed by atoms with E-state index in [9.17, 15) is 9.59 Å². The molecule has 0 saturated heterocycles. The predicted molar refractivity (Wildman–Crippen MR) is 71.0 cm³/mol. The van der Waals surface area contributed by atoms with Gasteiger partial charge in [0.15, 0.2) is 0 Å². The summed E-state index contributed by atoms with van der Waals surface area (Å²) in [5, 5.41) is 0. The molecule has 18 heavy (non-hydrogen) atoms. The van der Waals surface area contributed by atoms with E-state index in [1.165, 1.54) is 0 Å². The average molecular weight is 241 g/mol. The largest absolute Gasteiger partial charge is 0.313 e. The molecule has 3 heteroatoms. The van der Waals surface area contributed by atoms with Crippen molar-refractivity contribution in [3.63, 3.8) is 0 Å². The molecule has 3 nitrogen and oxygen atoms in total. The first-order valence-electron chi connectivity index (χ1n) is 5.91. The minimum absolute atomic E-state index is 0.0273. The number of nitrogens with zero attached hydrogens (tertiary/aromatic N) is 1. The summed E-state index contributed by atoms with van der Waals surface area (Å²) in [5.41, 5.74) is 2.79. The van der Waals surface area contributed by atoms with E-state index < -0.39 is 0 Å². The first-order chi connectivity index (χ1) is 8.70. The number of carbonyl (C=O) groups is 1. The molecule has 0 aliphatic carbocycles. The van der Waals surface area contributed by atoms with Gasteiger partial charge in [-0.1, -0.05) is 30.3 Å². The number of aromatic nitrogens is 1. The van der Waals surface area contributed by atoms with Crippen LogP contribution in [-0.4, -0.2) is 10.9 Å². The van der Waals surface area contributed by atoms with Crippen LogP contribution < -0.4 is 5.56 Å². The Morgan fingerprint density at radius 2 is 1.83 bits per heavy atom. The maximum Gasteiger partial charge on any atom is 0.250 e. The van der Waals surface area contributed by atoms with Gasteiger partial charge in [-0.05, 0) is 25.0 Å². The van der Waals surface area contributed by atoms with Gasteiger partial charge in [0, 0.05) is 23.9 Å². The predicted octanol–water partition coefficient (Wildman–Crippen LogP) is 2.21. The molecule has 0 N–H and O–H groups in total. The molecule has 1 heterocycles. The lowest BCUT2D eigenvalue weighted by Crippen LogP contribution is -2.21. The molecular formula is C15H15NO2. The van der Waals surface area contributed by atoms with Crippen molar-refractivity contribution in [1.29, 1.82) is 0 Å². The second-order valence-corrected chi connectivity index (χ2v) is 4.27. The van der Waals surface area contributed by atoms with Gasteiger partial charge >= 0.3 is 0 Å². The number of hydrogen-bond donors (Lipinski definition) is 0. The summed E-state index contributed by atoms with van der Waals surface area (Å²) in [6, 6.07) is 12.7. The summed E-state index contributed by atoms with van der Waals surface area (Å²) in [5.74, 6) is 0. The Bertz CT molecular complexity index is 597. The summed E-state index contributed by atoms with van der Waals surface area (Å²) in [6.45, 7) is 2.59. The summed E-state index contributed by atoms with van der Waals surface area (Å²) < 4.78 is 1.76. The molecule has 0 aliphatic rings. The van der Waals surface area contributed by atoms with E-state index in [1.54, 1.807) is 28.8 Å². The van der Waals surface area contributed by atoms with Gasteiger partial charge in [-0.2, -0.15) is 0 Å². The van der Waals surface area contributed by atoms with Crippen LogP contribution in [0.4, 0.5) is 0 Å². The van der Waals surface area contributed by atoms with Crippen LogP contribution in [0.1, 0.15) is 21.6 Å². The van der Waals surface area contributed by atoms with Crippen molar-refractivity contribution >= 4 is 6.29 Å². The van der Waals surface area contributed by atoms with Crippen molar-refractivity contribution in [3.05, 3.63) is 69.6 Å². The molecule has 92 valence electrons. The number of benzene rings is 1. The molecule has 0 amide bonds. The van der Waals surface area contributed by atoms with Crippen LogP contribution in [0.3, 0.4) is 0 Å². The van der Waals surface area contributed by atoms with Crippen LogP contribution in [0.5, 0.6) is 0 Å². The third-order valence-electron chi connectivity index (χ3n) is 3.01. The van der Waals surface area contributed by atoms with Crippen LogP contribution in [0, 0.1) is 6.92 Å². The normalized spacial score (nSPS) is 10.3. The number of hydrogen-bond acceptors (Lipinski definition) is 2. The maximum absolute atomic E-state index is 11.7. The molecule has 0 radical (unpaired) electrons. The highest BCUT2D eigenvalue weighted by molar-refractivity contribution is 5.74. The Kier molecular flexibility index (Phi) is 3.72. The average Bonchev–Trinajstić information content (AvgIpc) is 2.39. The van der Waals surface area contributed by atoms with Crippen molar-refractivity contribution in [3.8, 4) is 0 Å². The van der Waals surface area contributed by atoms with Crippen molar-refractivity contribution in [2.75, 3.05) is 0 Å². The minimum atomic E-state index is 0.0273. The fourth-order valence-corrected chi connectivity index (χ4v) is 1.91. The summed E-state index contributed by atoms with van der Waals surface area (Å²) in [4.78, 5) is 22.2.